The molecule has 1 aromatic heterocycles. The normalized spacial score (nSPS) is 10.3. The fourth-order valence-corrected chi connectivity index (χ4v) is 1.73. The number of aliphatic hydroxyl groups is 1. The van der Waals surface area contributed by atoms with Gasteiger partial charge in [-0.2, -0.15) is 0 Å². The topological polar surface area (TPSA) is 42.4 Å². The van der Waals surface area contributed by atoms with E-state index in [0.717, 1.165) is 0 Å². The summed E-state index contributed by atoms with van der Waals surface area (Å²) in [6.45, 7) is -0.110. The molecule has 3 nitrogen and oxygen atoms in total. The van der Waals surface area contributed by atoms with E-state index in [1.54, 1.807) is 24.3 Å². The lowest BCUT2D eigenvalue weighted by Crippen LogP contribution is -1.93. The number of hydrogen-bond acceptors (Lipinski definition) is 3. The van der Waals surface area contributed by atoms with Crippen molar-refractivity contribution >= 4 is 23.2 Å². The first kappa shape index (κ1) is 12.2. The van der Waals surface area contributed by atoms with Crippen LogP contribution >= 0.6 is 23.2 Å². The van der Waals surface area contributed by atoms with Crippen molar-refractivity contribution in [3.63, 3.8) is 0 Å². The molecule has 1 N–H and O–H groups in total. The fourth-order valence-electron chi connectivity index (χ4n) is 1.32. The Hall–Kier alpha value is -1.29. The Morgan fingerprint density at radius 3 is 2.71 bits per heavy atom. The summed E-state index contributed by atoms with van der Waals surface area (Å²) in [5.74, 6) is 0.781. The van der Waals surface area contributed by atoms with Crippen LogP contribution < -0.4 is 4.74 Å². The third-order valence-electron chi connectivity index (χ3n) is 2.12. The van der Waals surface area contributed by atoms with Crippen LogP contribution in [0.15, 0.2) is 36.5 Å². The molecular formula is C12H9Cl2NO2. The van der Waals surface area contributed by atoms with E-state index in [9.17, 15) is 0 Å². The summed E-state index contributed by atoms with van der Waals surface area (Å²) in [5, 5.41) is 9.92. The van der Waals surface area contributed by atoms with E-state index < -0.39 is 0 Å². The van der Waals surface area contributed by atoms with E-state index >= 15 is 0 Å². The van der Waals surface area contributed by atoms with E-state index in [2.05, 4.69) is 4.98 Å². The lowest BCUT2D eigenvalue weighted by atomic mass is 10.2. The Balaban J connectivity index is 2.31. The van der Waals surface area contributed by atoms with E-state index in [1.165, 1.54) is 6.20 Å². The molecule has 2 rings (SSSR count). The first-order chi connectivity index (χ1) is 8.20. The second-order valence-corrected chi connectivity index (χ2v) is 4.15. The molecule has 0 bridgehead atoms. The number of ether oxygens (including phenoxy) is 1. The smallest absolute Gasteiger partial charge is 0.238 e. The number of rotatable bonds is 3. The van der Waals surface area contributed by atoms with Gasteiger partial charge >= 0.3 is 0 Å². The molecule has 0 aliphatic rings. The van der Waals surface area contributed by atoms with E-state index in [4.69, 9.17) is 33.0 Å². The molecule has 0 atom stereocenters. The number of para-hydroxylation sites is 1. The SMILES string of the molecule is OCc1ccccc1Oc1ncc(Cl)cc1Cl. The maximum absolute atomic E-state index is 9.16. The van der Waals surface area contributed by atoms with Gasteiger partial charge in [0.15, 0.2) is 0 Å². The lowest BCUT2D eigenvalue weighted by Gasteiger charge is -2.09. The second kappa shape index (κ2) is 5.36. The summed E-state index contributed by atoms with van der Waals surface area (Å²) in [7, 11) is 0. The number of hydrogen-bond donors (Lipinski definition) is 1. The van der Waals surface area contributed by atoms with Crippen LogP contribution in [0.3, 0.4) is 0 Å². The molecule has 0 spiro atoms. The van der Waals surface area contributed by atoms with Crippen molar-refractivity contribution in [2.75, 3.05) is 0 Å². The molecule has 1 heterocycles. The van der Waals surface area contributed by atoms with Crippen molar-refractivity contribution < 1.29 is 9.84 Å². The summed E-state index contributed by atoms with van der Waals surface area (Å²) in [4.78, 5) is 3.98. The molecule has 0 aliphatic heterocycles. The van der Waals surface area contributed by atoms with Crippen molar-refractivity contribution in [1.29, 1.82) is 0 Å². The van der Waals surface area contributed by atoms with Crippen LogP contribution in [0.4, 0.5) is 0 Å². The molecule has 2 aromatic rings. The summed E-state index contributed by atoms with van der Waals surface area (Å²) in [6, 6.07) is 8.66. The third kappa shape index (κ3) is 2.88. The molecule has 0 saturated carbocycles. The Bertz CT molecular complexity index is 532. The van der Waals surface area contributed by atoms with Gasteiger partial charge in [-0.05, 0) is 12.1 Å². The van der Waals surface area contributed by atoms with Crippen LogP contribution in [0.25, 0.3) is 0 Å². The highest BCUT2D eigenvalue weighted by atomic mass is 35.5. The Labute approximate surface area is 109 Å². The van der Waals surface area contributed by atoms with Crippen LogP contribution in [0.1, 0.15) is 5.56 Å². The standard InChI is InChI=1S/C12H9Cl2NO2/c13-9-5-10(14)12(15-6-9)17-11-4-2-1-3-8(11)7-16/h1-6,16H,7H2. The average molecular weight is 270 g/mol. The lowest BCUT2D eigenvalue weighted by molar-refractivity contribution is 0.276. The zero-order valence-corrected chi connectivity index (χ0v) is 10.2. The minimum Gasteiger partial charge on any atom is -0.437 e. The van der Waals surface area contributed by atoms with Gasteiger partial charge in [0.2, 0.25) is 5.88 Å². The van der Waals surface area contributed by atoms with Gasteiger partial charge in [0.25, 0.3) is 0 Å². The molecular weight excluding hydrogens is 261 g/mol. The van der Waals surface area contributed by atoms with Gasteiger partial charge in [-0.1, -0.05) is 41.4 Å². The van der Waals surface area contributed by atoms with Gasteiger partial charge < -0.3 is 9.84 Å². The molecule has 5 heteroatoms. The van der Waals surface area contributed by atoms with Gasteiger partial charge in [-0.25, -0.2) is 4.98 Å². The quantitative estimate of drug-likeness (QED) is 0.925. The monoisotopic (exact) mass is 269 g/mol. The van der Waals surface area contributed by atoms with Crippen LogP contribution in [0.5, 0.6) is 11.6 Å². The van der Waals surface area contributed by atoms with Gasteiger partial charge in [-0.3, -0.25) is 0 Å². The number of benzene rings is 1. The minimum atomic E-state index is -0.110. The van der Waals surface area contributed by atoms with Crippen LogP contribution in [-0.4, -0.2) is 10.1 Å². The molecule has 0 amide bonds. The third-order valence-corrected chi connectivity index (χ3v) is 2.60. The van der Waals surface area contributed by atoms with Gasteiger partial charge in [0, 0.05) is 11.8 Å². The number of aliphatic hydroxyl groups excluding tert-OH is 1. The minimum absolute atomic E-state index is 0.110. The van der Waals surface area contributed by atoms with Crippen LogP contribution in [0, 0.1) is 0 Å². The molecule has 1 aromatic carbocycles. The predicted octanol–water partition coefficient (Wildman–Crippen LogP) is 3.67. The number of halogens is 2. The maximum Gasteiger partial charge on any atom is 0.238 e. The Morgan fingerprint density at radius 2 is 2.00 bits per heavy atom. The number of pyridine rings is 1. The summed E-state index contributed by atoms with van der Waals surface area (Å²) in [5.41, 5.74) is 0.667. The highest BCUT2D eigenvalue weighted by molar-refractivity contribution is 6.35. The van der Waals surface area contributed by atoms with Crippen molar-refractivity contribution in [1.82, 2.24) is 4.98 Å². The molecule has 0 radical (unpaired) electrons. The van der Waals surface area contributed by atoms with Crippen molar-refractivity contribution in [2.24, 2.45) is 0 Å². The zero-order chi connectivity index (χ0) is 12.3. The predicted molar refractivity (Wildman–Crippen MR) is 66.7 cm³/mol. The van der Waals surface area contributed by atoms with E-state index in [-0.39, 0.29) is 12.5 Å². The number of aromatic nitrogens is 1. The highest BCUT2D eigenvalue weighted by Gasteiger charge is 2.08. The first-order valence-electron chi connectivity index (χ1n) is 4.88. The molecule has 0 fully saturated rings. The van der Waals surface area contributed by atoms with Crippen molar-refractivity contribution in [3.05, 3.63) is 52.1 Å². The largest absolute Gasteiger partial charge is 0.437 e. The maximum atomic E-state index is 9.16. The molecule has 0 aliphatic carbocycles. The van der Waals surface area contributed by atoms with E-state index in [1.807, 2.05) is 6.07 Å². The zero-order valence-electron chi connectivity index (χ0n) is 8.73. The first-order valence-corrected chi connectivity index (χ1v) is 5.64. The van der Waals surface area contributed by atoms with Crippen molar-refractivity contribution in [3.8, 4) is 11.6 Å². The highest BCUT2D eigenvalue weighted by Crippen LogP contribution is 2.30. The van der Waals surface area contributed by atoms with Gasteiger partial charge in [0.1, 0.15) is 10.8 Å². The van der Waals surface area contributed by atoms with Crippen LogP contribution in [0.2, 0.25) is 10.0 Å². The molecule has 0 unspecified atom stereocenters. The molecule has 17 heavy (non-hydrogen) atoms. The summed E-state index contributed by atoms with van der Waals surface area (Å²) < 4.78 is 5.52. The van der Waals surface area contributed by atoms with Crippen molar-refractivity contribution in [2.45, 2.75) is 6.61 Å². The van der Waals surface area contributed by atoms with Gasteiger partial charge in [0.05, 0.1) is 11.6 Å². The Kier molecular flexibility index (Phi) is 3.84. The average Bonchev–Trinajstić information content (AvgIpc) is 2.33. The molecule has 0 saturated heterocycles. The fraction of sp³-hybridized carbons (Fsp3) is 0.0833. The number of nitrogens with zero attached hydrogens (tertiary/aromatic N) is 1. The Morgan fingerprint density at radius 1 is 1.24 bits per heavy atom. The summed E-state index contributed by atoms with van der Waals surface area (Å²) in [6.07, 6.45) is 1.45. The molecule has 88 valence electrons. The van der Waals surface area contributed by atoms with Crippen LogP contribution in [-0.2, 0) is 6.61 Å². The van der Waals surface area contributed by atoms with E-state index in [0.29, 0.717) is 21.4 Å². The summed E-state index contributed by atoms with van der Waals surface area (Å²) >= 11 is 11.7. The second-order valence-electron chi connectivity index (χ2n) is 3.31. The van der Waals surface area contributed by atoms with Gasteiger partial charge in [-0.15, -0.1) is 0 Å².